The molecule has 1 amide bonds. The van der Waals surface area contributed by atoms with Crippen molar-refractivity contribution < 1.29 is 9.53 Å². The fraction of sp³-hybridized carbons (Fsp3) is 0.263. The zero-order valence-electron chi connectivity index (χ0n) is 13.9. The van der Waals surface area contributed by atoms with Gasteiger partial charge in [0.15, 0.2) is 4.80 Å². The minimum Gasteiger partial charge on any atom is -0.380 e. The Hall–Kier alpha value is -2.24. The number of aryl methyl sites for hydroxylation is 1. The Balaban J connectivity index is 2.03. The highest BCUT2D eigenvalue weighted by Crippen LogP contribution is 2.17. The first kappa shape index (κ1) is 16.6. The van der Waals surface area contributed by atoms with Gasteiger partial charge in [0.2, 0.25) is 0 Å². The van der Waals surface area contributed by atoms with Gasteiger partial charge in [-0.15, -0.1) is 0 Å². The van der Waals surface area contributed by atoms with E-state index in [-0.39, 0.29) is 5.91 Å². The molecule has 4 nitrogen and oxygen atoms in total. The topological polar surface area (TPSA) is 43.6 Å². The molecular formula is C19H20N2O2S. The summed E-state index contributed by atoms with van der Waals surface area (Å²) in [5.74, 6) is -0.213. The Morgan fingerprint density at radius 3 is 2.83 bits per heavy atom. The second kappa shape index (κ2) is 7.55. The van der Waals surface area contributed by atoms with Gasteiger partial charge in [-0.2, -0.15) is 4.99 Å². The molecule has 0 fully saturated rings. The van der Waals surface area contributed by atoms with Crippen molar-refractivity contribution in [3.63, 3.8) is 0 Å². The van der Waals surface area contributed by atoms with Crippen LogP contribution in [0.4, 0.5) is 0 Å². The normalized spacial score (nSPS) is 12.0. The number of amides is 1. The molecule has 0 spiro atoms. The summed E-state index contributed by atoms with van der Waals surface area (Å²) in [7, 11) is 0. The van der Waals surface area contributed by atoms with Crippen LogP contribution in [0, 0.1) is 6.92 Å². The Labute approximate surface area is 145 Å². The molecule has 3 aromatic rings. The van der Waals surface area contributed by atoms with Crippen molar-refractivity contribution in [2.45, 2.75) is 20.4 Å². The molecule has 2 aromatic carbocycles. The number of rotatable bonds is 5. The van der Waals surface area contributed by atoms with Crippen LogP contribution in [0.2, 0.25) is 0 Å². The fourth-order valence-corrected chi connectivity index (χ4v) is 3.61. The van der Waals surface area contributed by atoms with Crippen LogP contribution < -0.4 is 4.80 Å². The molecule has 0 unspecified atom stereocenters. The monoisotopic (exact) mass is 340 g/mol. The fourth-order valence-electron chi connectivity index (χ4n) is 2.55. The summed E-state index contributed by atoms with van der Waals surface area (Å²) in [6.07, 6.45) is 0. The lowest BCUT2D eigenvalue weighted by molar-refractivity contribution is 0.0996. The summed E-state index contributed by atoms with van der Waals surface area (Å²) in [4.78, 5) is 17.6. The van der Waals surface area contributed by atoms with Crippen LogP contribution in [0.3, 0.4) is 0 Å². The van der Waals surface area contributed by atoms with E-state index in [1.165, 1.54) is 11.3 Å². The number of carbonyl (C=O) groups excluding carboxylic acids is 1. The van der Waals surface area contributed by atoms with Crippen molar-refractivity contribution in [1.29, 1.82) is 0 Å². The van der Waals surface area contributed by atoms with Crippen LogP contribution in [0.15, 0.2) is 53.5 Å². The van der Waals surface area contributed by atoms with Crippen LogP contribution in [-0.4, -0.2) is 23.7 Å². The van der Waals surface area contributed by atoms with Gasteiger partial charge in [-0.05, 0) is 38.1 Å². The highest BCUT2D eigenvalue weighted by Gasteiger charge is 2.09. The second-order valence-corrected chi connectivity index (χ2v) is 6.50. The van der Waals surface area contributed by atoms with Crippen molar-refractivity contribution in [3.05, 3.63) is 64.5 Å². The Morgan fingerprint density at radius 2 is 2.04 bits per heavy atom. The van der Waals surface area contributed by atoms with Gasteiger partial charge in [0.1, 0.15) is 0 Å². The molecule has 124 valence electrons. The molecule has 0 bridgehead atoms. The largest absolute Gasteiger partial charge is 0.380 e. The lowest BCUT2D eigenvalue weighted by Gasteiger charge is -2.05. The summed E-state index contributed by atoms with van der Waals surface area (Å²) in [5, 5.41) is 0. The van der Waals surface area contributed by atoms with Crippen LogP contribution in [0.5, 0.6) is 0 Å². The van der Waals surface area contributed by atoms with Crippen molar-refractivity contribution in [2.75, 3.05) is 13.2 Å². The van der Waals surface area contributed by atoms with Gasteiger partial charge in [-0.1, -0.05) is 41.2 Å². The van der Waals surface area contributed by atoms with Crippen molar-refractivity contribution in [2.24, 2.45) is 4.99 Å². The van der Waals surface area contributed by atoms with Crippen molar-refractivity contribution >= 4 is 27.5 Å². The van der Waals surface area contributed by atoms with Gasteiger partial charge < -0.3 is 9.30 Å². The molecule has 0 atom stereocenters. The summed E-state index contributed by atoms with van der Waals surface area (Å²) >= 11 is 1.53. The quantitative estimate of drug-likeness (QED) is 0.663. The van der Waals surface area contributed by atoms with E-state index in [0.29, 0.717) is 30.1 Å². The average Bonchev–Trinajstić information content (AvgIpc) is 2.92. The number of para-hydroxylation sites is 1. The summed E-state index contributed by atoms with van der Waals surface area (Å²) < 4.78 is 8.65. The van der Waals surface area contributed by atoms with Gasteiger partial charge in [0, 0.05) is 18.7 Å². The Kier molecular flexibility index (Phi) is 5.23. The Morgan fingerprint density at radius 1 is 1.21 bits per heavy atom. The van der Waals surface area contributed by atoms with Gasteiger partial charge in [0.25, 0.3) is 5.91 Å². The van der Waals surface area contributed by atoms with E-state index >= 15 is 0 Å². The third-order valence-electron chi connectivity index (χ3n) is 3.71. The van der Waals surface area contributed by atoms with E-state index in [4.69, 9.17) is 4.74 Å². The third kappa shape index (κ3) is 3.63. The predicted molar refractivity (Wildman–Crippen MR) is 97.4 cm³/mol. The molecule has 0 N–H and O–H groups in total. The maximum Gasteiger partial charge on any atom is 0.279 e. The van der Waals surface area contributed by atoms with Crippen LogP contribution in [0.1, 0.15) is 22.8 Å². The maximum absolute atomic E-state index is 12.5. The van der Waals surface area contributed by atoms with E-state index in [9.17, 15) is 4.79 Å². The smallest absolute Gasteiger partial charge is 0.279 e. The number of thiazole rings is 1. The third-order valence-corrected chi connectivity index (χ3v) is 4.77. The number of hydrogen-bond acceptors (Lipinski definition) is 3. The lowest BCUT2D eigenvalue weighted by atomic mass is 10.1. The molecule has 0 aliphatic carbocycles. The molecule has 0 aliphatic rings. The van der Waals surface area contributed by atoms with Gasteiger partial charge in [-0.25, -0.2) is 0 Å². The first-order valence-electron chi connectivity index (χ1n) is 8.01. The Bertz CT molecular complexity index is 924. The molecule has 0 saturated heterocycles. The zero-order valence-corrected chi connectivity index (χ0v) is 14.7. The molecule has 3 rings (SSSR count). The SMILES string of the molecule is CCOCCn1c(=NC(=O)c2cccc(C)c2)sc2ccccc21. The lowest BCUT2D eigenvalue weighted by Crippen LogP contribution is -2.19. The van der Waals surface area contributed by atoms with Crippen LogP contribution >= 0.6 is 11.3 Å². The van der Waals surface area contributed by atoms with Gasteiger partial charge >= 0.3 is 0 Å². The highest BCUT2D eigenvalue weighted by molar-refractivity contribution is 7.16. The number of fused-ring (bicyclic) bond motifs is 1. The number of benzene rings is 2. The van der Waals surface area contributed by atoms with E-state index in [1.807, 2.05) is 56.3 Å². The molecule has 0 saturated carbocycles. The number of carbonyl (C=O) groups is 1. The molecule has 0 aliphatic heterocycles. The number of ether oxygens (including phenoxy) is 1. The van der Waals surface area contributed by atoms with Crippen LogP contribution in [0.25, 0.3) is 10.2 Å². The molecule has 5 heteroatoms. The van der Waals surface area contributed by atoms with E-state index in [2.05, 4.69) is 9.56 Å². The minimum atomic E-state index is -0.213. The number of hydrogen-bond donors (Lipinski definition) is 0. The minimum absolute atomic E-state index is 0.213. The summed E-state index contributed by atoms with van der Waals surface area (Å²) in [6, 6.07) is 15.6. The zero-order chi connectivity index (χ0) is 16.9. The van der Waals surface area contributed by atoms with Crippen LogP contribution in [-0.2, 0) is 11.3 Å². The number of aromatic nitrogens is 1. The van der Waals surface area contributed by atoms with Gasteiger partial charge in [-0.3, -0.25) is 4.79 Å². The van der Waals surface area contributed by atoms with E-state index in [1.54, 1.807) is 6.07 Å². The first-order valence-corrected chi connectivity index (χ1v) is 8.82. The molecule has 0 radical (unpaired) electrons. The number of nitrogens with zero attached hydrogens (tertiary/aromatic N) is 2. The first-order chi connectivity index (χ1) is 11.7. The van der Waals surface area contributed by atoms with Crippen molar-refractivity contribution in [1.82, 2.24) is 4.57 Å². The van der Waals surface area contributed by atoms with E-state index < -0.39 is 0 Å². The molecular weight excluding hydrogens is 320 g/mol. The molecule has 1 aromatic heterocycles. The second-order valence-electron chi connectivity index (χ2n) is 5.49. The predicted octanol–water partition coefficient (Wildman–Crippen LogP) is 3.79. The van der Waals surface area contributed by atoms with Gasteiger partial charge in [0.05, 0.1) is 16.8 Å². The standard InChI is InChI=1S/C19H20N2O2S/c1-3-23-12-11-21-16-9-4-5-10-17(16)24-19(21)20-18(22)15-8-6-7-14(2)13-15/h4-10,13H,3,11-12H2,1-2H3. The average molecular weight is 340 g/mol. The maximum atomic E-state index is 12.5. The molecule has 1 heterocycles. The molecule has 24 heavy (non-hydrogen) atoms. The van der Waals surface area contributed by atoms with E-state index in [0.717, 1.165) is 15.8 Å². The summed E-state index contributed by atoms with van der Waals surface area (Å²) in [5.41, 5.74) is 2.75. The summed E-state index contributed by atoms with van der Waals surface area (Å²) in [6.45, 7) is 5.90. The highest BCUT2D eigenvalue weighted by atomic mass is 32.1. The van der Waals surface area contributed by atoms with Crippen molar-refractivity contribution in [3.8, 4) is 0 Å².